The quantitative estimate of drug-likeness (QED) is 0.373. The SMILES string of the molecule is Cc1cccc(NC(=S)NNC(=S)NCCCN(C)C)c1. The van der Waals surface area contributed by atoms with Crippen LogP contribution in [0, 0.1) is 6.92 Å². The van der Waals surface area contributed by atoms with E-state index in [0.29, 0.717) is 10.2 Å². The van der Waals surface area contributed by atoms with E-state index in [9.17, 15) is 0 Å². The summed E-state index contributed by atoms with van der Waals surface area (Å²) in [7, 11) is 4.10. The van der Waals surface area contributed by atoms with Gasteiger partial charge in [-0.25, -0.2) is 0 Å². The highest BCUT2D eigenvalue weighted by Crippen LogP contribution is 2.08. The lowest BCUT2D eigenvalue weighted by Gasteiger charge is -2.15. The molecule has 21 heavy (non-hydrogen) atoms. The summed E-state index contributed by atoms with van der Waals surface area (Å²) in [5, 5.41) is 7.19. The number of anilines is 1. The van der Waals surface area contributed by atoms with Gasteiger partial charge in [0.05, 0.1) is 0 Å². The molecule has 0 saturated heterocycles. The minimum absolute atomic E-state index is 0.470. The van der Waals surface area contributed by atoms with Crippen molar-refractivity contribution >= 4 is 40.3 Å². The number of thiocarbonyl (C=S) groups is 2. The highest BCUT2D eigenvalue weighted by atomic mass is 32.1. The molecule has 1 rings (SSSR count). The molecule has 1 aromatic rings. The summed E-state index contributed by atoms with van der Waals surface area (Å²) < 4.78 is 0. The second-order valence-electron chi connectivity index (χ2n) is 4.99. The van der Waals surface area contributed by atoms with Crippen LogP contribution in [-0.4, -0.2) is 42.3 Å². The molecule has 0 aliphatic rings. The first kappa shape index (κ1) is 17.6. The van der Waals surface area contributed by atoms with Crippen LogP contribution in [0.5, 0.6) is 0 Å². The third-order valence-electron chi connectivity index (χ3n) is 2.63. The molecule has 7 heteroatoms. The van der Waals surface area contributed by atoms with Gasteiger partial charge in [0.1, 0.15) is 0 Å². The van der Waals surface area contributed by atoms with Gasteiger partial charge in [-0.2, -0.15) is 0 Å². The van der Waals surface area contributed by atoms with Crippen LogP contribution in [0.15, 0.2) is 24.3 Å². The van der Waals surface area contributed by atoms with Crippen molar-refractivity contribution in [2.75, 3.05) is 32.5 Å². The zero-order chi connectivity index (χ0) is 15.7. The molecule has 0 aliphatic carbocycles. The number of rotatable bonds is 5. The van der Waals surface area contributed by atoms with Crippen LogP contribution >= 0.6 is 24.4 Å². The van der Waals surface area contributed by atoms with E-state index in [-0.39, 0.29) is 0 Å². The minimum Gasteiger partial charge on any atom is -0.361 e. The fourth-order valence-electron chi connectivity index (χ4n) is 1.64. The minimum atomic E-state index is 0.470. The van der Waals surface area contributed by atoms with E-state index >= 15 is 0 Å². The third-order valence-corrected chi connectivity index (χ3v) is 3.08. The predicted octanol–water partition coefficient (Wildman–Crippen LogP) is 1.61. The van der Waals surface area contributed by atoms with Crippen molar-refractivity contribution in [3.63, 3.8) is 0 Å². The van der Waals surface area contributed by atoms with Crippen LogP contribution in [0.2, 0.25) is 0 Å². The van der Waals surface area contributed by atoms with Crippen molar-refractivity contribution in [3.8, 4) is 0 Å². The summed E-state index contributed by atoms with van der Waals surface area (Å²) in [5.74, 6) is 0. The summed E-state index contributed by atoms with van der Waals surface area (Å²) in [6.07, 6.45) is 1.03. The van der Waals surface area contributed by atoms with E-state index in [1.807, 2.05) is 45.3 Å². The first-order chi connectivity index (χ1) is 9.97. The largest absolute Gasteiger partial charge is 0.361 e. The molecule has 0 atom stereocenters. The lowest BCUT2D eigenvalue weighted by atomic mass is 10.2. The highest BCUT2D eigenvalue weighted by Gasteiger charge is 1.99. The number of aryl methyl sites for hydroxylation is 1. The summed E-state index contributed by atoms with van der Waals surface area (Å²) in [6.45, 7) is 3.88. The van der Waals surface area contributed by atoms with Gasteiger partial charge >= 0.3 is 0 Å². The number of hydrogen-bond acceptors (Lipinski definition) is 3. The van der Waals surface area contributed by atoms with Crippen molar-refractivity contribution in [1.29, 1.82) is 0 Å². The Morgan fingerprint density at radius 2 is 1.86 bits per heavy atom. The Labute approximate surface area is 137 Å². The molecular weight excluding hydrogens is 302 g/mol. The van der Waals surface area contributed by atoms with E-state index in [0.717, 1.165) is 25.2 Å². The van der Waals surface area contributed by atoms with Crippen molar-refractivity contribution in [2.45, 2.75) is 13.3 Å². The Hall–Kier alpha value is -1.44. The van der Waals surface area contributed by atoms with Gasteiger partial charge in [-0.3, -0.25) is 10.9 Å². The van der Waals surface area contributed by atoms with Gasteiger partial charge in [-0.1, -0.05) is 12.1 Å². The van der Waals surface area contributed by atoms with Crippen molar-refractivity contribution in [3.05, 3.63) is 29.8 Å². The molecule has 0 aromatic heterocycles. The molecule has 5 nitrogen and oxygen atoms in total. The Kier molecular flexibility index (Phi) is 7.96. The molecule has 0 saturated carbocycles. The molecule has 0 heterocycles. The summed E-state index contributed by atoms with van der Waals surface area (Å²) in [6, 6.07) is 7.99. The first-order valence-electron chi connectivity index (χ1n) is 6.79. The highest BCUT2D eigenvalue weighted by molar-refractivity contribution is 7.80. The van der Waals surface area contributed by atoms with Gasteiger partial charge in [0.15, 0.2) is 10.2 Å². The van der Waals surface area contributed by atoms with Crippen LogP contribution in [0.25, 0.3) is 0 Å². The maximum atomic E-state index is 5.19. The van der Waals surface area contributed by atoms with Gasteiger partial charge in [-0.05, 0) is 76.1 Å². The Morgan fingerprint density at radius 3 is 2.52 bits per heavy atom. The van der Waals surface area contributed by atoms with Crippen molar-refractivity contribution in [2.24, 2.45) is 0 Å². The average Bonchev–Trinajstić information content (AvgIpc) is 2.41. The second kappa shape index (κ2) is 9.49. The molecule has 0 radical (unpaired) electrons. The number of benzene rings is 1. The monoisotopic (exact) mass is 325 g/mol. The number of nitrogens with one attached hydrogen (secondary N) is 4. The Morgan fingerprint density at radius 1 is 1.14 bits per heavy atom. The van der Waals surface area contributed by atoms with E-state index in [1.165, 1.54) is 5.56 Å². The summed E-state index contributed by atoms with van der Waals surface area (Å²) in [4.78, 5) is 2.14. The normalized spacial score (nSPS) is 10.1. The van der Waals surface area contributed by atoms with Crippen molar-refractivity contribution < 1.29 is 0 Å². The van der Waals surface area contributed by atoms with E-state index in [1.54, 1.807) is 0 Å². The van der Waals surface area contributed by atoms with Crippen LogP contribution in [0.4, 0.5) is 5.69 Å². The van der Waals surface area contributed by atoms with Crippen LogP contribution in [0.3, 0.4) is 0 Å². The number of nitrogens with zero attached hydrogens (tertiary/aromatic N) is 1. The number of hydrogen-bond donors (Lipinski definition) is 4. The lowest BCUT2D eigenvalue weighted by molar-refractivity contribution is 0.400. The van der Waals surface area contributed by atoms with E-state index < -0.39 is 0 Å². The number of hydrazine groups is 1. The maximum Gasteiger partial charge on any atom is 0.189 e. The lowest BCUT2D eigenvalue weighted by Crippen LogP contribution is -2.48. The molecule has 4 N–H and O–H groups in total. The van der Waals surface area contributed by atoms with Crippen LogP contribution in [0.1, 0.15) is 12.0 Å². The van der Waals surface area contributed by atoms with Gasteiger partial charge in [0.2, 0.25) is 0 Å². The topological polar surface area (TPSA) is 51.4 Å². The average molecular weight is 326 g/mol. The maximum absolute atomic E-state index is 5.19. The molecule has 0 aliphatic heterocycles. The molecule has 1 aromatic carbocycles. The zero-order valence-electron chi connectivity index (χ0n) is 12.7. The van der Waals surface area contributed by atoms with Crippen LogP contribution in [-0.2, 0) is 0 Å². The summed E-state index contributed by atoms with van der Waals surface area (Å²) >= 11 is 10.3. The van der Waals surface area contributed by atoms with Gasteiger partial charge < -0.3 is 15.5 Å². The molecule has 116 valence electrons. The first-order valence-corrected chi connectivity index (χ1v) is 7.61. The fourth-order valence-corrected chi connectivity index (χ4v) is 1.96. The molecule has 0 fully saturated rings. The fraction of sp³-hybridized carbons (Fsp3) is 0.429. The smallest absolute Gasteiger partial charge is 0.189 e. The van der Waals surface area contributed by atoms with Gasteiger partial charge in [-0.15, -0.1) is 0 Å². The molecule has 0 unspecified atom stereocenters. The standard InChI is InChI=1S/C14H23N5S2/c1-11-6-4-7-12(10-11)16-14(21)18-17-13(20)15-8-5-9-19(2)3/h4,6-7,10H,5,8-9H2,1-3H3,(H2,15,17,20)(H2,16,18,21). The molecule has 0 spiro atoms. The second-order valence-corrected chi connectivity index (χ2v) is 5.80. The van der Waals surface area contributed by atoms with Gasteiger partial charge in [0, 0.05) is 12.2 Å². The molecular formula is C14H23N5S2. The van der Waals surface area contributed by atoms with E-state index in [4.69, 9.17) is 24.4 Å². The predicted molar refractivity (Wildman–Crippen MR) is 97.4 cm³/mol. The zero-order valence-corrected chi connectivity index (χ0v) is 14.3. The van der Waals surface area contributed by atoms with Crippen molar-refractivity contribution in [1.82, 2.24) is 21.1 Å². The molecule has 0 bridgehead atoms. The molecule has 0 amide bonds. The third kappa shape index (κ3) is 8.44. The summed E-state index contributed by atoms with van der Waals surface area (Å²) in [5.41, 5.74) is 7.83. The Balaban J connectivity index is 2.19. The Bertz CT molecular complexity index is 476. The van der Waals surface area contributed by atoms with E-state index in [2.05, 4.69) is 26.4 Å². The van der Waals surface area contributed by atoms with Gasteiger partial charge in [0.25, 0.3) is 0 Å². The van der Waals surface area contributed by atoms with Crippen LogP contribution < -0.4 is 21.5 Å².